The van der Waals surface area contributed by atoms with E-state index in [0.29, 0.717) is 0 Å². The number of halogens is 5. The fourth-order valence-electron chi connectivity index (χ4n) is 1.07. The molecule has 0 aliphatic carbocycles. The van der Waals surface area contributed by atoms with Crippen molar-refractivity contribution in [2.45, 2.75) is 19.5 Å². The van der Waals surface area contributed by atoms with Crippen molar-refractivity contribution in [2.75, 3.05) is 0 Å². The van der Waals surface area contributed by atoms with E-state index >= 15 is 0 Å². The third-order valence-electron chi connectivity index (χ3n) is 1.69. The quantitative estimate of drug-likeness (QED) is 0.805. The highest BCUT2D eigenvalue weighted by molar-refractivity contribution is 9.10. The summed E-state index contributed by atoms with van der Waals surface area (Å²) in [6, 6.07) is 2.88. The maximum absolute atomic E-state index is 12.4. The SMILES string of the molecule is N#CCc1c(Br)cc(CF)nc1OC(F)(F)F. The topological polar surface area (TPSA) is 45.9 Å². The molecule has 92 valence electrons. The second kappa shape index (κ2) is 5.31. The Morgan fingerprint density at radius 1 is 1.47 bits per heavy atom. The second-order valence-corrected chi connectivity index (χ2v) is 3.75. The molecule has 0 radical (unpaired) electrons. The predicted molar refractivity (Wildman–Crippen MR) is 52.7 cm³/mol. The van der Waals surface area contributed by atoms with Crippen molar-refractivity contribution < 1.29 is 22.3 Å². The molecule has 0 saturated carbocycles. The first kappa shape index (κ1) is 13.7. The normalized spacial score (nSPS) is 11.1. The predicted octanol–water partition coefficient (Wildman–Crippen LogP) is 3.28. The molecule has 0 unspecified atom stereocenters. The van der Waals surface area contributed by atoms with Gasteiger partial charge in [0.2, 0.25) is 5.88 Å². The van der Waals surface area contributed by atoms with Crippen LogP contribution in [-0.2, 0) is 13.1 Å². The van der Waals surface area contributed by atoms with Crippen LogP contribution >= 0.6 is 15.9 Å². The van der Waals surface area contributed by atoms with Crippen molar-refractivity contribution in [3.05, 3.63) is 21.8 Å². The van der Waals surface area contributed by atoms with E-state index in [2.05, 4.69) is 25.7 Å². The molecule has 0 bridgehead atoms. The van der Waals surface area contributed by atoms with Crippen molar-refractivity contribution in [2.24, 2.45) is 0 Å². The first-order chi connectivity index (χ1) is 7.87. The van der Waals surface area contributed by atoms with Gasteiger partial charge in [0.05, 0.1) is 18.2 Å². The minimum atomic E-state index is -4.94. The van der Waals surface area contributed by atoms with E-state index in [0.717, 1.165) is 0 Å². The van der Waals surface area contributed by atoms with Crippen molar-refractivity contribution in [1.29, 1.82) is 5.26 Å². The lowest BCUT2D eigenvalue weighted by atomic mass is 10.2. The number of pyridine rings is 1. The highest BCUT2D eigenvalue weighted by atomic mass is 79.9. The lowest BCUT2D eigenvalue weighted by Crippen LogP contribution is -2.19. The number of rotatable bonds is 3. The number of nitrogens with zero attached hydrogens (tertiary/aromatic N) is 2. The summed E-state index contributed by atoms with van der Waals surface area (Å²) in [5.41, 5.74) is -0.278. The molecule has 0 atom stereocenters. The summed E-state index contributed by atoms with van der Waals surface area (Å²) in [6.45, 7) is -1.03. The van der Waals surface area contributed by atoms with Gasteiger partial charge in [0.1, 0.15) is 6.67 Å². The molecule has 8 heteroatoms. The van der Waals surface area contributed by atoms with Crippen LogP contribution in [0.15, 0.2) is 10.5 Å². The van der Waals surface area contributed by atoms with Gasteiger partial charge in [-0.15, -0.1) is 13.2 Å². The molecule has 0 spiro atoms. The summed E-state index contributed by atoms with van der Waals surface area (Å²) in [5.74, 6) is -0.805. The molecule has 0 aromatic carbocycles. The van der Waals surface area contributed by atoms with E-state index in [9.17, 15) is 17.6 Å². The van der Waals surface area contributed by atoms with Crippen LogP contribution in [0.1, 0.15) is 11.3 Å². The number of ether oxygens (including phenoxy) is 1. The molecule has 1 heterocycles. The van der Waals surface area contributed by atoms with E-state index in [-0.39, 0.29) is 22.2 Å². The van der Waals surface area contributed by atoms with Gasteiger partial charge in [0.25, 0.3) is 0 Å². The van der Waals surface area contributed by atoms with Gasteiger partial charge < -0.3 is 4.74 Å². The summed E-state index contributed by atoms with van der Waals surface area (Å²) in [5, 5.41) is 8.48. The fraction of sp³-hybridized carbons (Fsp3) is 0.333. The Balaban J connectivity index is 3.23. The van der Waals surface area contributed by atoms with Crippen LogP contribution in [0.25, 0.3) is 0 Å². The monoisotopic (exact) mass is 312 g/mol. The zero-order valence-corrected chi connectivity index (χ0v) is 9.77. The molecule has 0 aliphatic heterocycles. The summed E-state index contributed by atoms with van der Waals surface area (Å²) in [7, 11) is 0. The van der Waals surface area contributed by atoms with E-state index in [1.54, 1.807) is 6.07 Å². The Bertz CT molecular complexity index is 456. The van der Waals surface area contributed by atoms with Crippen molar-refractivity contribution in [3.8, 4) is 11.9 Å². The molecule has 0 fully saturated rings. The molecule has 1 aromatic rings. The number of aromatic nitrogens is 1. The lowest BCUT2D eigenvalue weighted by molar-refractivity contribution is -0.276. The van der Waals surface area contributed by atoms with Gasteiger partial charge >= 0.3 is 6.36 Å². The van der Waals surface area contributed by atoms with Crippen LogP contribution < -0.4 is 4.74 Å². The third kappa shape index (κ3) is 3.85. The molecule has 0 N–H and O–H groups in total. The molecule has 0 amide bonds. The molecule has 1 rings (SSSR count). The zero-order valence-electron chi connectivity index (χ0n) is 8.18. The smallest absolute Gasteiger partial charge is 0.387 e. The summed E-state index contributed by atoms with van der Waals surface area (Å²) >= 11 is 2.94. The lowest BCUT2D eigenvalue weighted by Gasteiger charge is -2.12. The summed E-state index contributed by atoms with van der Waals surface area (Å²) < 4.78 is 52.4. The Hall–Kier alpha value is -1.36. The minimum absolute atomic E-state index is 0.0676. The minimum Gasteiger partial charge on any atom is -0.387 e. The van der Waals surface area contributed by atoms with Gasteiger partial charge in [-0.05, 0) is 6.07 Å². The number of hydrogen-bond acceptors (Lipinski definition) is 3. The zero-order chi connectivity index (χ0) is 13.1. The Morgan fingerprint density at radius 3 is 2.59 bits per heavy atom. The van der Waals surface area contributed by atoms with Crippen molar-refractivity contribution in [1.82, 2.24) is 4.98 Å². The van der Waals surface area contributed by atoms with Crippen LogP contribution in [0, 0.1) is 11.3 Å². The van der Waals surface area contributed by atoms with Gasteiger partial charge in [-0.25, -0.2) is 9.37 Å². The van der Waals surface area contributed by atoms with E-state index < -0.39 is 18.9 Å². The van der Waals surface area contributed by atoms with E-state index in [1.165, 1.54) is 6.07 Å². The van der Waals surface area contributed by atoms with Crippen LogP contribution in [0.5, 0.6) is 5.88 Å². The number of alkyl halides is 4. The third-order valence-corrected chi connectivity index (χ3v) is 2.40. The molecule has 0 saturated heterocycles. The highest BCUT2D eigenvalue weighted by Gasteiger charge is 2.33. The average molecular weight is 313 g/mol. The van der Waals surface area contributed by atoms with Crippen molar-refractivity contribution >= 4 is 15.9 Å². The largest absolute Gasteiger partial charge is 0.574 e. The second-order valence-electron chi connectivity index (χ2n) is 2.90. The molecule has 0 aliphatic rings. The summed E-state index contributed by atoms with van der Waals surface area (Å²) in [6.07, 6.45) is -5.27. The average Bonchev–Trinajstić information content (AvgIpc) is 2.20. The van der Waals surface area contributed by atoms with E-state index in [1.807, 2.05) is 0 Å². The fourth-order valence-corrected chi connectivity index (χ4v) is 1.64. The standard InChI is InChI=1S/C9H5BrF4N2O/c10-7-3-5(4-11)16-8(6(7)1-2-15)17-9(12,13)14/h3H,1,4H2. The maximum atomic E-state index is 12.4. The Kier molecular flexibility index (Phi) is 4.28. The van der Waals surface area contributed by atoms with E-state index in [4.69, 9.17) is 5.26 Å². The highest BCUT2D eigenvalue weighted by Crippen LogP contribution is 2.30. The van der Waals surface area contributed by atoms with Crippen LogP contribution in [0.3, 0.4) is 0 Å². The van der Waals surface area contributed by atoms with Gasteiger partial charge in [-0.1, -0.05) is 15.9 Å². The molecular formula is C9H5BrF4N2O. The van der Waals surface area contributed by atoms with Crippen LogP contribution in [0.2, 0.25) is 0 Å². The Labute approximate surface area is 102 Å². The van der Waals surface area contributed by atoms with Crippen LogP contribution in [-0.4, -0.2) is 11.3 Å². The van der Waals surface area contributed by atoms with Gasteiger partial charge in [-0.3, -0.25) is 0 Å². The van der Waals surface area contributed by atoms with Crippen molar-refractivity contribution in [3.63, 3.8) is 0 Å². The molecule has 1 aromatic heterocycles. The van der Waals surface area contributed by atoms with Gasteiger partial charge in [0.15, 0.2) is 0 Å². The molecule has 3 nitrogen and oxygen atoms in total. The Morgan fingerprint density at radius 2 is 2.12 bits per heavy atom. The maximum Gasteiger partial charge on any atom is 0.574 e. The first-order valence-corrected chi connectivity index (χ1v) is 5.03. The molecular weight excluding hydrogens is 308 g/mol. The number of nitriles is 1. The van der Waals surface area contributed by atoms with Crippen LogP contribution in [0.4, 0.5) is 17.6 Å². The first-order valence-electron chi connectivity index (χ1n) is 4.24. The van der Waals surface area contributed by atoms with Gasteiger partial charge in [0, 0.05) is 10.0 Å². The number of hydrogen-bond donors (Lipinski definition) is 0. The molecule has 17 heavy (non-hydrogen) atoms. The van der Waals surface area contributed by atoms with Gasteiger partial charge in [-0.2, -0.15) is 5.26 Å². The summed E-state index contributed by atoms with van der Waals surface area (Å²) in [4.78, 5) is 3.36.